The molecule has 0 aliphatic heterocycles. The first-order valence-corrected chi connectivity index (χ1v) is 6.32. The van der Waals surface area contributed by atoms with Crippen LogP contribution in [0.25, 0.3) is 0 Å². The van der Waals surface area contributed by atoms with Crippen molar-refractivity contribution in [1.82, 2.24) is 0 Å². The van der Waals surface area contributed by atoms with Gasteiger partial charge in [-0.2, -0.15) is 0 Å². The van der Waals surface area contributed by atoms with Gasteiger partial charge in [-0.15, -0.1) is 0 Å². The highest BCUT2D eigenvalue weighted by atomic mass is 19.3. The van der Waals surface area contributed by atoms with Crippen LogP contribution in [-0.4, -0.2) is 25.3 Å². The number of aryl methyl sites for hydroxylation is 1. The Morgan fingerprint density at radius 1 is 1.29 bits per heavy atom. The van der Waals surface area contributed by atoms with Crippen molar-refractivity contribution in [3.05, 3.63) is 29.3 Å². The number of alkyl halides is 2. The largest absolute Gasteiger partial charge is 0.463 e. The molecule has 21 heavy (non-hydrogen) atoms. The summed E-state index contributed by atoms with van der Waals surface area (Å²) in [5, 5.41) is 2.32. The lowest BCUT2D eigenvalue weighted by Gasteiger charge is -2.14. The van der Waals surface area contributed by atoms with Gasteiger partial charge in [-0.1, -0.05) is 12.1 Å². The van der Waals surface area contributed by atoms with Gasteiger partial charge in [0.05, 0.1) is 6.61 Å². The van der Waals surface area contributed by atoms with Crippen molar-refractivity contribution in [3.8, 4) is 0 Å². The Morgan fingerprint density at radius 3 is 2.52 bits per heavy atom. The smallest absolute Gasteiger partial charge is 0.412 e. The summed E-state index contributed by atoms with van der Waals surface area (Å²) in [6, 6.07) is 3.92. The average Bonchev–Trinajstić information content (AvgIpc) is 2.38. The van der Waals surface area contributed by atoms with E-state index in [0.29, 0.717) is 5.56 Å². The molecule has 0 unspecified atom stereocenters. The molecular formula is C14H17F2NO4. The van der Waals surface area contributed by atoms with E-state index in [-0.39, 0.29) is 17.9 Å². The first-order chi connectivity index (χ1) is 9.74. The first-order valence-electron chi connectivity index (χ1n) is 6.32. The highest BCUT2D eigenvalue weighted by Crippen LogP contribution is 2.30. The molecule has 0 radical (unpaired) electrons. The number of amides is 1. The van der Waals surface area contributed by atoms with E-state index < -0.39 is 24.6 Å². The van der Waals surface area contributed by atoms with Gasteiger partial charge in [0.15, 0.2) is 6.61 Å². The topological polar surface area (TPSA) is 64.6 Å². The van der Waals surface area contributed by atoms with Gasteiger partial charge in [0.2, 0.25) is 0 Å². The molecular weight excluding hydrogens is 284 g/mol. The van der Waals surface area contributed by atoms with Crippen molar-refractivity contribution in [1.29, 1.82) is 0 Å². The summed E-state index contributed by atoms with van der Waals surface area (Å²) in [5.41, 5.74) is 0.563. The zero-order valence-electron chi connectivity index (χ0n) is 12.0. The van der Waals surface area contributed by atoms with Crippen molar-refractivity contribution in [3.63, 3.8) is 0 Å². The normalized spacial score (nSPS) is 10.9. The molecule has 5 nitrogen and oxygen atoms in total. The van der Waals surface area contributed by atoms with Crippen LogP contribution in [0.5, 0.6) is 0 Å². The Labute approximate surface area is 121 Å². The minimum atomic E-state index is -3.01. The Bertz CT molecular complexity index is 526. The number of ether oxygens (including phenoxy) is 2. The zero-order chi connectivity index (χ0) is 16.0. The summed E-state index contributed by atoms with van der Waals surface area (Å²) in [7, 11) is 0. The molecule has 0 atom stereocenters. The summed E-state index contributed by atoms with van der Waals surface area (Å²) in [6.45, 7) is 3.68. The summed E-state index contributed by atoms with van der Waals surface area (Å²) in [5.74, 6) is -3.70. The molecule has 1 aromatic carbocycles. The van der Waals surface area contributed by atoms with Crippen LogP contribution in [0.15, 0.2) is 18.2 Å². The summed E-state index contributed by atoms with van der Waals surface area (Å²) >= 11 is 0. The van der Waals surface area contributed by atoms with Gasteiger partial charge >= 0.3 is 12.1 Å². The maximum atomic E-state index is 13.2. The number of rotatable bonds is 5. The second kappa shape index (κ2) is 7.01. The molecule has 116 valence electrons. The Morgan fingerprint density at radius 2 is 1.95 bits per heavy atom. The summed E-state index contributed by atoms with van der Waals surface area (Å²) in [6.07, 6.45) is -0.914. The van der Waals surface area contributed by atoms with Crippen molar-refractivity contribution >= 4 is 17.7 Å². The van der Waals surface area contributed by atoms with Gasteiger partial charge in [0.1, 0.15) is 0 Å². The molecule has 7 heteroatoms. The van der Waals surface area contributed by atoms with E-state index in [2.05, 4.69) is 14.8 Å². The third-order valence-corrected chi connectivity index (χ3v) is 2.61. The minimum absolute atomic E-state index is 0.177. The maximum Gasteiger partial charge on any atom is 0.412 e. The van der Waals surface area contributed by atoms with E-state index in [4.69, 9.17) is 0 Å². The van der Waals surface area contributed by atoms with Gasteiger partial charge in [-0.3, -0.25) is 5.32 Å². The molecule has 0 aromatic heterocycles. The number of carbonyl (C=O) groups excluding carboxylic acids is 2. The fraction of sp³-hybridized carbons (Fsp3) is 0.429. The van der Waals surface area contributed by atoms with Gasteiger partial charge in [0, 0.05) is 18.2 Å². The van der Waals surface area contributed by atoms with Crippen LogP contribution in [0.3, 0.4) is 0 Å². The van der Waals surface area contributed by atoms with E-state index in [0.717, 1.165) is 6.92 Å². The minimum Gasteiger partial charge on any atom is -0.463 e. The van der Waals surface area contributed by atoms with Gasteiger partial charge in [0.25, 0.3) is 5.92 Å². The Balaban J connectivity index is 2.69. The van der Waals surface area contributed by atoms with Crippen LogP contribution in [0.4, 0.5) is 19.3 Å². The lowest BCUT2D eigenvalue weighted by molar-refractivity contribution is -0.146. The molecule has 1 N–H and O–H groups in total. The van der Waals surface area contributed by atoms with Crippen LogP contribution in [0, 0.1) is 6.92 Å². The highest BCUT2D eigenvalue weighted by Gasteiger charge is 2.25. The van der Waals surface area contributed by atoms with Crippen LogP contribution in [-0.2, 0) is 20.2 Å². The molecule has 0 aliphatic carbocycles. The van der Waals surface area contributed by atoms with Crippen LogP contribution in [0.2, 0.25) is 0 Å². The van der Waals surface area contributed by atoms with E-state index in [9.17, 15) is 18.4 Å². The second-order valence-electron chi connectivity index (χ2n) is 4.42. The first kappa shape index (κ1) is 16.9. The van der Waals surface area contributed by atoms with Gasteiger partial charge < -0.3 is 9.47 Å². The SMILES string of the molecule is CCOC(=O)COC(=O)Nc1cc(C(C)(F)F)ccc1C. The number of hydrogen-bond donors (Lipinski definition) is 1. The van der Waals surface area contributed by atoms with E-state index in [1.54, 1.807) is 13.8 Å². The molecule has 0 fully saturated rings. The predicted octanol–water partition coefficient (Wildman–Crippen LogP) is 3.22. The number of benzene rings is 1. The van der Waals surface area contributed by atoms with E-state index in [1.807, 2.05) is 0 Å². The quantitative estimate of drug-likeness (QED) is 0.848. The fourth-order valence-electron chi connectivity index (χ4n) is 1.50. The fourth-order valence-corrected chi connectivity index (χ4v) is 1.50. The average molecular weight is 301 g/mol. The zero-order valence-corrected chi connectivity index (χ0v) is 12.0. The number of esters is 1. The van der Waals surface area contributed by atoms with E-state index in [1.165, 1.54) is 18.2 Å². The summed E-state index contributed by atoms with van der Waals surface area (Å²) < 4.78 is 35.7. The number of anilines is 1. The molecule has 0 heterocycles. The third-order valence-electron chi connectivity index (χ3n) is 2.61. The molecule has 1 rings (SSSR count). The van der Waals surface area contributed by atoms with Crippen LogP contribution in [0.1, 0.15) is 25.0 Å². The van der Waals surface area contributed by atoms with Crippen molar-refractivity contribution < 1.29 is 27.8 Å². The lowest BCUT2D eigenvalue weighted by atomic mass is 10.1. The highest BCUT2D eigenvalue weighted by molar-refractivity contribution is 5.87. The molecule has 1 aromatic rings. The van der Waals surface area contributed by atoms with Crippen molar-refractivity contribution in [2.24, 2.45) is 0 Å². The van der Waals surface area contributed by atoms with Gasteiger partial charge in [-0.25, -0.2) is 18.4 Å². The van der Waals surface area contributed by atoms with Crippen LogP contribution >= 0.6 is 0 Å². The lowest BCUT2D eigenvalue weighted by Crippen LogP contribution is -2.21. The van der Waals surface area contributed by atoms with Crippen LogP contribution < -0.4 is 5.32 Å². The van der Waals surface area contributed by atoms with Crippen molar-refractivity contribution in [2.75, 3.05) is 18.5 Å². The monoisotopic (exact) mass is 301 g/mol. The number of halogens is 2. The Hall–Kier alpha value is -2.18. The second-order valence-corrected chi connectivity index (χ2v) is 4.42. The molecule has 0 spiro atoms. The molecule has 1 amide bonds. The summed E-state index contributed by atoms with van der Waals surface area (Å²) in [4.78, 5) is 22.5. The van der Waals surface area contributed by atoms with E-state index >= 15 is 0 Å². The molecule has 0 saturated carbocycles. The standard InChI is InChI=1S/C14H17F2NO4/c1-4-20-12(18)8-21-13(19)17-11-7-10(14(3,15)16)6-5-9(11)2/h5-7H,4,8H2,1-3H3,(H,17,19). The number of hydrogen-bond acceptors (Lipinski definition) is 4. The van der Waals surface area contributed by atoms with Gasteiger partial charge in [-0.05, 0) is 25.5 Å². The molecule has 0 bridgehead atoms. The maximum absolute atomic E-state index is 13.2. The predicted molar refractivity (Wildman–Crippen MR) is 72.4 cm³/mol. The Kier molecular flexibility index (Phi) is 5.63. The number of carbonyl (C=O) groups is 2. The number of nitrogens with one attached hydrogen (secondary N) is 1. The van der Waals surface area contributed by atoms with Crippen molar-refractivity contribution in [2.45, 2.75) is 26.7 Å². The molecule has 0 aliphatic rings. The third kappa shape index (κ3) is 5.37. The molecule has 0 saturated heterocycles.